The van der Waals surface area contributed by atoms with Gasteiger partial charge in [-0.2, -0.15) is 0 Å². The Morgan fingerprint density at radius 3 is 2.80 bits per heavy atom. The average molecular weight is 204 g/mol. The van der Waals surface area contributed by atoms with Crippen LogP contribution >= 0.6 is 0 Å². The van der Waals surface area contributed by atoms with Crippen LogP contribution in [0.15, 0.2) is 42.6 Å². The molecule has 0 atom stereocenters. The third-order valence-electron chi connectivity index (χ3n) is 1.79. The number of hydrogen-bond donors (Lipinski definition) is 2. The summed E-state index contributed by atoms with van der Waals surface area (Å²) in [6.45, 7) is 3.29. The van der Waals surface area contributed by atoms with Crippen LogP contribution in [-0.4, -0.2) is 12.4 Å². The normalized spacial score (nSPS) is 10.2. The average Bonchev–Trinajstić information content (AvgIpc) is 2.28. The van der Waals surface area contributed by atoms with E-state index in [1.165, 1.54) is 0 Å². The van der Waals surface area contributed by atoms with Gasteiger partial charge in [0, 0.05) is 18.8 Å². The largest absolute Gasteiger partial charge is 0.473 e. The van der Waals surface area contributed by atoms with E-state index in [9.17, 15) is 0 Å². The summed E-state index contributed by atoms with van der Waals surface area (Å²) in [5, 5.41) is 10.4. The van der Waals surface area contributed by atoms with E-state index in [0.29, 0.717) is 6.61 Å². The van der Waals surface area contributed by atoms with Crippen LogP contribution in [0.1, 0.15) is 12.5 Å². The van der Waals surface area contributed by atoms with Crippen molar-refractivity contribution in [3.05, 3.63) is 48.2 Å². The minimum Gasteiger partial charge on any atom is -0.473 e. The molecule has 3 nitrogen and oxygen atoms in total. The van der Waals surface area contributed by atoms with Crippen LogP contribution in [0, 0.1) is 5.41 Å². The van der Waals surface area contributed by atoms with Crippen molar-refractivity contribution in [3.63, 3.8) is 0 Å². The molecular weight excluding hydrogens is 188 g/mol. The smallest absolute Gasteiger partial charge is 0.207 e. The first-order valence-electron chi connectivity index (χ1n) is 4.98. The lowest BCUT2D eigenvalue weighted by atomic mass is 10.2. The number of nitrogens with one attached hydrogen (secondary N) is 2. The zero-order chi connectivity index (χ0) is 10.9. The molecule has 0 bridgehead atoms. The SMILES string of the molecule is CCN/C=C\C(=N)OCc1ccccc1. The van der Waals surface area contributed by atoms with Gasteiger partial charge in [0.25, 0.3) is 0 Å². The van der Waals surface area contributed by atoms with E-state index in [0.717, 1.165) is 12.1 Å². The van der Waals surface area contributed by atoms with Gasteiger partial charge in [-0.1, -0.05) is 30.3 Å². The van der Waals surface area contributed by atoms with Gasteiger partial charge in [0.2, 0.25) is 5.90 Å². The summed E-state index contributed by atoms with van der Waals surface area (Å²) in [4.78, 5) is 0. The molecule has 15 heavy (non-hydrogen) atoms. The van der Waals surface area contributed by atoms with Crippen molar-refractivity contribution in [1.29, 1.82) is 5.41 Å². The van der Waals surface area contributed by atoms with Gasteiger partial charge in [-0.25, -0.2) is 0 Å². The first-order valence-corrected chi connectivity index (χ1v) is 4.98. The zero-order valence-electron chi connectivity index (χ0n) is 8.86. The second kappa shape index (κ2) is 6.65. The minimum absolute atomic E-state index is 0.166. The van der Waals surface area contributed by atoms with E-state index < -0.39 is 0 Å². The molecule has 2 N–H and O–H groups in total. The minimum atomic E-state index is 0.166. The number of hydrogen-bond acceptors (Lipinski definition) is 3. The van der Waals surface area contributed by atoms with Gasteiger partial charge >= 0.3 is 0 Å². The highest BCUT2D eigenvalue weighted by Gasteiger charge is 1.93. The molecule has 1 aromatic rings. The van der Waals surface area contributed by atoms with E-state index >= 15 is 0 Å². The summed E-state index contributed by atoms with van der Waals surface area (Å²) in [5.74, 6) is 0.166. The fraction of sp³-hybridized carbons (Fsp3) is 0.250. The molecule has 0 heterocycles. The summed E-state index contributed by atoms with van der Waals surface area (Å²) in [5.41, 5.74) is 1.07. The van der Waals surface area contributed by atoms with E-state index in [-0.39, 0.29) is 5.90 Å². The summed E-state index contributed by atoms with van der Waals surface area (Å²) in [6, 6.07) is 9.82. The third kappa shape index (κ3) is 4.86. The van der Waals surface area contributed by atoms with Crippen molar-refractivity contribution >= 4 is 5.90 Å². The lowest BCUT2D eigenvalue weighted by Crippen LogP contribution is -2.05. The number of rotatable bonds is 5. The van der Waals surface area contributed by atoms with Crippen LogP contribution in [0.2, 0.25) is 0 Å². The number of ether oxygens (including phenoxy) is 1. The van der Waals surface area contributed by atoms with E-state index in [1.54, 1.807) is 12.3 Å². The van der Waals surface area contributed by atoms with Crippen LogP contribution < -0.4 is 5.32 Å². The standard InChI is InChI=1S/C12H16N2O/c1-2-14-9-8-12(13)15-10-11-6-4-3-5-7-11/h3-9,13-14H,2,10H2,1H3/b9-8-,13-12?. The van der Waals surface area contributed by atoms with Gasteiger partial charge in [-0.05, 0) is 12.5 Å². The molecule has 1 rings (SSSR count). The summed E-state index contributed by atoms with van der Waals surface area (Å²) >= 11 is 0. The lowest BCUT2D eigenvalue weighted by Gasteiger charge is -2.03. The third-order valence-corrected chi connectivity index (χ3v) is 1.79. The van der Waals surface area contributed by atoms with Crippen molar-refractivity contribution in [2.75, 3.05) is 6.54 Å². The fourth-order valence-electron chi connectivity index (χ4n) is 1.04. The van der Waals surface area contributed by atoms with Gasteiger partial charge in [0.05, 0.1) is 0 Å². The molecule has 0 aliphatic heterocycles. The Kier molecular flexibility index (Phi) is 5.01. The molecule has 0 amide bonds. The van der Waals surface area contributed by atoms with Crippen LogP contribution in [0.4, 0.5) is 0 Å². The monoisotopic (exact) mass is 204 g/mol. The molecule has 0 spiro atoms. The second-order valence-corrected chi connectivity index (χ2v) is 3.03. The summed E-state index contributed by atoms with van der Waals surface area (Å²) in [6.07, 6.45) is 3.32. The molecule has 0 aromatic heterocycles. The Morgan fingerprint density at radius 2 is 2.13 bits per heavy atom. The Balaban J connectivity index is 2.28. The predicted octanol–water partition coefficient (Wildman–Crippen LogP) is 2.30. The topological polar surface area (TPSA) is 45.1 Å². The van der Waals surface area contributed by atoms with E-state index in [4.69, 9.17) is 10.1 Å². The van der Waals surface area contributed by atoms with E-state index in [2.05, 4.69) is 5.32 Å². The van der Waals surface area contributed by atoms with Crippen molar-refractivity contribution in [2.24, 2.45) is 0 Å². The molecule has 0 saturated heterocycles. The molecule has 0 radical (unpaired) electrons. The Bertz CT molecular complexity index is 320. The van der Waals surface area contributed by atoms with Gasteiger partial charge in [-0.15, -0.1) is 0 Å². The van der Waals surface area contributed by atoms with Gasteiger partial charge in [0.15, 0.2) is 0 Å². The maximum Gasteiger partial charge on any atom is 0.207 e. The summed E-state index contributed by atoms with van der Waals surface area (Å²) < 4.78 is 5.23. The van der Waals surface area contributed by atoms with Gasteiger partial charge < -0.3 is 10.1 Å². The molecule has 80 valence electrons. The van der Waals surface area contributed by atoms with Gasteiger partial charge in [-0.3, -0.25) is 5.41 Å². The predicted molar refractivity (Wildman–Crippen MR) is 61.8 cm³/mol. The Labute approximate surface area is 90.3 Å². The Hall–Kier alpha value is -1.77. The fourth-order valence-corrected chi connectivity index (χ4v) is 1.04. The molecule has 1 aromatic carbocycles. The van der Waals surface area contributed by atoms with Crippen LogP contribution in [0.5, 0.6) is 0 Å². The molecule has 0 aliphatic carbocycles. The molecule has 0 aliphatic rings. The molecule has 0 fully saturated rings. The van der Waals surface area contributed by atoms with Gasteiger partial charge in [0.1, 0.15) is 6.61 Å². The molecule has 3 heteroatoms. The van der Waals surface area contributed by atoms with E-state index in [1.807, 2.05) is 37.3 Å². The van der Waals surface area contributed by atoms with Crippen molar-refractivity contribution in [1.82, 2.24) is 5.32 Å². The highest BCUT2D eigenvalue weighted by molar-refractivity contribution is 5.84. The van der Waals surface area contributed by atoms with Crippen molar-refractivity contribution < 1.29 is 4.74 Å². The summed E-state index contributed by atoms with van der Waals surface area (Å²) in [7, 11) is 0. The van der Waals surface area contributed by atoms with Crippen LogP contribution in [0.25, 0.3) is 0 Å². The quantitative estimate of drug-likeness (QED) is 0.571. The Morgan fingerprint density at radius 1 is 1.40 bits per heavy atom. The number of benzene rings is 1. The highest BCUT2D eigenvalue weighted by atomic mass is 16.5. The van der Waals surface area contributed by atoms with Crippen LogP contribution in [-0.2, 0) is 11.3 Å². The molecular formula is C12H16N2O. The maximum atomic E-state index is 7.47. The molecule has 0 saturated carbocycles. The second-order valence-electron chi connectivity index (χ2n) is 3.03. The van der Waals surface area contributed by atoms with Crippen molar-refractivity contribution in [3.8, 4) is 0 Å². The lowest BCUT2D eigenvalue weighted by molar-refractivity contribution is 0.292. The molecule has 0 unspecified atom stereocenters. The highest BCUT2D eigenvalue weighted by Crippen LogP contribution is 2.00. The van der Waals surface area contributed by atoms with Crippen LogP contribution in [0.3, 0.4) is 0 Å². The first-order chi connectivity index (χ1) is 7.33. The van der Waals surface area contributed by atoms with Crippen molar-refractivity contribution in [2.45, 2.75) is 13.5 Å². The maximum absolute atomic E-state index is 7.47. The zero-order valence-corrected chi connectivity index (χ0v) is 8.86. The first kappa shape index (κ1) is 11.3.